The van der Waals surface area contributed by atoms with Gasteiger partial charge >= 0.3 is 5.97 Å². The normalized spacial score (nSPS) is 15.2. The first kappa shape index (κ1) is 20.4. The molecule has 0 radical (unpaired) electrons. The molecule has 0 aromatic heterocycles. The van der Waals surface area contributed by atoms with E-state index < -0.39 is 23.7 Å². The minimum Gasteiger partial charge on any atom is -0.493 e. The summed E-state index contributed by atoms with van der Waals surface area (Å²) >= 11 is 0.761. The molecule has 0 N–H and O–H groups in total. The summed E-state index contributed by atoms with van der Waals surface area (Å²) in [5.41, 5.74) is 0.634. The van der Waals surface area contributed by atoms with Gasteiger partial charge in [-0.3, -0.25) is 19.3 Å². The van der Waals surface area contributed by atoms with Crippen LogP contribution in [0.2, 0.25) is 0 Å². The average molecular weight is 389 g/mol. The van der Waals surface area contributed by atoms with E-state index in [-0.39, 0.29) is 17.6 Å². The van der Waals surface area contributed by atoms with Gasteiger partial charge in [0.05, 0.1) is 18.1 Å². The number of carbonyl (C=O) groups is 3. The van der Waals surface area contributed by atoms with Crippen LogP contribution in [0.5, 0.6) is 11.5 Å². The monoisotopic (exact) mass is 389 g/mol. The Morgan fingerprint density at radius 3 is 2.70 bits per heavy atom. The van der Waals surface area contributed by atoms with Crippen molar-refractivity contribution in [2.75, 3.05) is 20.3 Å². The molecule has 1 saturated heterocycles. The van der Waals surface area contributed by atoms with Crippen molar-refractivity contribution in [3.63, 3.8) is 0 Å². The third kappa shape index (κ3) is 5.28. The van der Waals surface area contributed by atoms with Gasteiger partial charge in [0.2, 0.25) is 0 Å². The standard InChI is InChI=1S/C19H19NO6S/c1-5-8-25-14-7-6-13(9-15(14)24-4)10-16-18(22)20(19(23)27-16)11-17(21)26-12(2)3/h1,6-7,9-10,12H,8,11H2,2-4H3/b16-10-. The molecule has 2 rings (SSSR count). The van der Waals surface area contributed by atoms with Crippen LogP contribution in [0.3, 0.4) is 0 Å². The first-order valence-electron chi connectivity index (χ1n) is 8.04. The number of hydrogen-bond donors (Lipinski definition) is 0. The lowest BCUT2D eigenvalue weighted by Gasteiger charge is -2.13. The van der Waals surface area contributed by atoms with Crippen LogP contribution >= 0.6 is 11.8 Å². The molecule has 1 aromatic rings. The number of esters is 1. The second kappa shape index (κ2) is 9.14. The van der Waals surface area contributed by atoms with Crippen molar-refractivity contribution in [1.82, 2.24) is 4.90 Å². The lowest BCUT2D eigenvalue weighted by molar-refractivity contribution is -0.149. The Morgan fingerprint density at radius 1 is 1.33 bits per heavy atom. The van der Waals surface area contributed by atoms with Crippen LogP contribution in [0, 0.1) is 12.3 Å². The van der Waals surface area contributed by atoms with Gasteiger partial charge in [0, 0.05) is 0 Å². The Kier molecular flexibility index (Phi) is 6.91. The number of nitrogens with zero attached hydrogens (tertiary/aromatic N) is 1. The molecule has 1 fully saturated rings. The quantitative estimate of drug-likeness (QED) is 0.403. The number of hydrogen-bond acceptors (Lipinski definition) is 7. The SMILES string of the molecule is C#CCOc1ccc(/C=C2\SC(=O)N(CC(=O)OC(C)C)C2=O)cc1OC. The van der Waals surface area contributed by atoms with Gasteiger partial charge in [-0.05, 0) is 49.4 Å². The highest BCUT2D eigenvalue weighted by atomic mass is 32.2. The number of carbonyl (C=O) groups excluding carboxylic acids is 3. The van der Waals surface area contributed by atoms with E-state index in [0.29, 0.717) is 17.1 Å². The summed E-state index contributed by atoms with van der Waals surface area (Å²) in [6.45, 7) is 3.06. The van der Waals surface area contributed by atoms with E-state index in [2.05, 4.69) is 5.92 Å². The van der Waals surface area contributed by atoms with Gasteiger partial charge in [0.25, 0.3) is 11.1 Å². The highest BCUT2D eigenvalue weighted by Crippen LogP contribution is 2.34. The van der Waals surface area contributed by atoms with E-state index in [1.807, 2.05) is 0 Å². The maximum Gasteiger partial charge on any atom is 0.326 e. The van der Waals surface area contributed by atoms with E-state index in [9.17, 15) is 14.4 Å². The summed E-state index contributed by atoms with van der Waals surface area (Å²) < 4.78 is 15.6. The molecular weight excluding hydrogens is 370 g/mol. The van der Waals surface area contributed by atoms with Gasteiger partial charge in [0.1, 0.15) is 13.2 Å². The lowest BCUT2D eigenvalue weighted by Crippen LogP contribution is -2.35. The van der Waals surface area contributed by atoms with Crippen molar-refractivity contribution < 1.29 is 28.6 Å². The van der Waals surface area contributed by atoms with E-state index in [0.717, 1.165) is 16.7 Å². The fraction of sp³-hybridized carbons (Fsp3) is 0.316. The number of amides is 2. The maximum absolute atomic E-state index is 12.4. The molecule has 142 valence electrons. The molecule has 1 heterocycles. The van der Waals surface area contributed by atoms with Crippen LogP contribution in [-0.4, -0.2) is 48.4 Å². The van der Waals surface area contributed by atoms with Crippen LogP contribution in [-0.2, 0) is 14.3 Å². The summed E-state index contributed by atoms with van der Waals surface area (Å²) in [6.07, 6.45) is 6.40. The van der Waals surface area contributed by atoms with Crippen molar-refractivity contribution in [3.05, 3.63) is 28.7 Å². The topological polar surface area (TPSA) is 82.1 Å². The molecule has 1 aliphatic rings. The van der Waals surface area contributed by atoms with Crippen LogP contribution in [0.4, 0.5) is 4.79 Å². The summed E-state index contributed by atoms with van der Waals surface area (Å²) in [5, 5.41) is -0.520. The molecule has 0 spiro atoms. The molecule has 8 heteroatoms. The van der Waals surface area contributed by atoms with Gasteiger partial charge in [-0.1, -0.05) is 12.0 Å². The average Bonchev–Trinajstić information content (AvgIpc) is 2.87. The van der Waals surface area contributed by atoms with E-state index in [4.69, 9.17) is 20.6 Å². The molecular formula is C19H19NO6S. The van der Waals surface area contributed by atoms with E-state index in [1.54, 1.807) is 38.1 Å². The predicted octanol–water partition coefficient (Wildman–Crippen LogP) is 2.70. The Balaban J connectivity index is 2.17. The smallest absolute Gasteiger partial charge is 0.326 e. The van der Waals surface area contributed by atoms with Gasteiger partial charge in [-0.25, -0.2) is 0 Å². The Labute approximate surface area is 161 Å². The van der Waals surface area contributed by atoms with Gasteiger partial charge in [-0.2, -0.15) is 0 Å². The number of thioether (sulfide) groups is 1. The molecule has 1 aromatic carbocycles. The fourth-order valence-electron chi connectivity index (χ4n) is 2.23. The first-order chi connectivity index (χ1) is 12.8. The molecule has 1 aliphatic heterocycles. The van der Waals surface area contributed by atoms with Crippen LogP contribution in [0.15, 0.2) is 23.1 Å². The number of terminal acetylenes is 1. The lowest BCUT2D eigenvalue weighted by atomic mass is 10.2. The largest absolute Gasteiger partial charge is 0.493 e. The second-order valence-corrected chi connectivity index (χ2v) is 6.70. The maximum atomic E-state index is 12.4. The number of rotatable bonds is 7. The molecule has 2 amide bonds. The predicted molar refractivity (Wildman–Crippen MR) is 101 cm³/mol. The molecule has 27 heavy (non-hydrogen) atoms. The minimum absolute atomic E-state index is 0.0983. The molecule has 0 atom stereocenters. The van der Waals surface area contributed by atoms with E-state index in [1.165, 1.54) is 7.11 Å². The number of methoxy groups -OCH3 is 1. The highest BCUT2D eigenvalue weighted by Gasteiger charge is 2.36. The Hall–Kier alpha value is -2.92. The van der Waals surface area contributed by atoms with Crippen LogP contribution < -0.4 is 9.47 Å². The first-order valence-corrected chi connectivity index (χ1v) is 8.86. The summed E-state index contributed by atoms with van der Waals surface area (Å²) in [6, 6.07) is 5.02. The number of ether oxygens (including phenoxy) is 3. The fourth-order valence-corrected chi connectivity index (χ4v) is 3.07. The summed E-state index contributed by atoms with van der Waals surface area (Å²) in [5.74, 6) is 2.10. The van der Waals surface area contributed by atoms with Crippen LogP contribution in [0.25, 0.3) is 6.08 Å². The molecule has 0 unspecified atom stereocenters. The summed E-state index contributed by atoms with van der Waals surface area (Å²) in [4.78, 5) is 37.3. The van der Waals surface area contributed by atoms with Crippen molar-refractivity contribution in [2.24, 2.45) is 0 Å². The van der Waals surface area contributed by atoms with Crippen molar-refractivity contribution in [1.29, 1.82) is 0 Å². The minimum atomic E-state index is -0.634. The zero-order valence-corrected chi connectivity index (χ0v) is 16.0. The molecule has 0 saturated carbocycles. The molecule has 0 bridgehead atoms. The van der Waals surface area contributed by atoms with Crippen molar-refractivity contribution >= 4 is 35.0 Å². The second-order valence-electron chi connectivity index (χ2n) is 5.71. The third-order valence-electron chi connectivity index (χ3n) is 3.32. The number of benzene rings is 1. The van der Waals surface area contributed by atoms with E-state index >= 15 is 0 Å². The third-order valence-corrected chi connectivity index (χ3v) is 4.23. The van der Waals surface area contributed by atoms with Gasteiger partial charge in [0.15, 0.2) is 11.5 Å². The zero-order valence-electron chi connectivity index (χ0n) is 15.2. The zero-order chi connectivity index (χ0) is 20.0. The van der Waals surface area contributed by atoms with Crippen molar-refractivity contribution in [3.8, 4) is 23.8 Å². The van der Waals surface area contributed by atoms with Crippen molar-refractivity contribution in [2.45, 2.75) is 20.0 Å². The molecule has 0 aliphatic carbocycles. The Morgan fingerprint density at radius 2 is 2.07 bits per heavy atom. The van der Waals surface area contributed by atoms with Crippen LogP contribution in [0.1, 0.15) is 19.4 Å². The number of imide groups is 1. The summed E-state index contributed by atoms with van der Waals surface area (Å²) in [7, 11) is 1.48. The Bertz CT molecular complexity index is 824. The van der Waals surface area contributed by atoms with Gasteiger partial charge in [-0.15, -0.1) is 6.42 Å². The highest BCUT2D eigenvalue weighted by molar-refractivity contribution is 8.18. The van der Waals surface area contributed by atoms with Gasteiger partial charge < -0.3 is 14.2 Å². The molecule has 7 nitrogen and oxygen atoms in total.